The molecule has 0 bridgehead atoms. The number of anilines is 1. The van der Waals surface area contributed by atoms with Gasteiger partial charge in [-0.25, -0.2) is 8.78 Å². The van der Waals surface area contributed by atoms with E-state index in [-0.39, 0.29) is 0 Å². The topological polar surface area (TPSA) is 35.8 Å². The molecule has 4 heteroatoms. The van der Waals surface area contributed by atoms with Crippen molar-refractivity contribution in [3.63, 3.8) is 0 Å². The van der Waals surface area contributed by atoms with Gasteiger partial charge in [-0.05, 0) is 19.1 Å². The van der Waals surface area contributed by atoms with Gasteiger partial charge in [0, 0.05) is 5.69 Å². The molecular formula is C10H10F2N2. The molecule has 0 fully saturated rings. The predicted molar refractivity (Wildman–Crippen MR) is 50.1 cm³/mol. The minimum atomic E-state index is -2.73. The molecule has 74 valence electrons. The number of nitrogens with one attached hydrogen (secondary N) is 1. The molecule has 0 aliphatic carbocycles. The van der Waals surface area contributed by atoms with Gasteiger partial charge in [-0.3, -0.25) is 0 Å². The van der Waals surface area contributed by atoms with E-state index in [2.05, 4.69) is 5.32 Å². The minimum Gasteiger partial charge on any atom is -0.363 e. The number of alkyl halides is 2. The van der Waals surface area contributed by atoms with Crippen LogP contribution in [0.3, 0.4) is 0 Å². The first kappa shape index (κ1) is 10.5. The van der Waals surface area contributed by atoms with Crippen LogP contribution in [0.15, 0.2) is 30.3 Å². The van der Waals surface area contributed by atoms with Gasteiger partial charge in [-0.1, -0.05) is 18.2 Å². The molecule has 1 unspecified atom stereocenters. The monoisotopic (exact) mass is 196 g/mol. The molecular weight excluding hydrogens is 186 g/mol. The van der Waals surface area contributed by atoms with E-state index in [0.29, 0.717) is 5.69 Å². The van der Waals surface area contributed by atoms with Gasteiger partial charge >= 0.3 is 0 Å². The molecule has 2 nitrogen and oxygen atoms in total. The molecule has 0 aliphatic heterocycles. The van der Waals surface area contributed by atoms with E-state index < -0.39 is 12.0 Å². The summed E-state index contributed by atoms with van der Waals surface area (Å²) in [6.45, 7) is 1.17. The minimum absolute atomic E-state index is 0.511. The van der Waals surface area contributed by atoms with Gasteiger partial charge in [0.05, 0.1) is 6.07 Å². The highest BCUT2D eigenvalue weighted by molar-refractivity contribution is 5.47. The number of hydrogen-bond acceptors (Lipinski definition) is 2. The Morgan fingerprint density at radius 2 is 1.93 bits per heavy atom. The van der Waals surface area contributed by atoms with E-state index in [4.69, 9.17) is 5.26 Å². The first-order chi connectivity index (χ1) is 6.58. The lowest BCUT2D eigenvalue weighted by molar-refractivity contribution is 0.102. The van der Waals surface area contributed by atoms with E-state index in [1.165, 1.54) is 6.92 Å². The first-order valence-corrected chi connectivity index (χ1v) is 4.11. The maximum atomic E-state index is 12.5. The van der Waals surface area contributed by atoms with Crippen LogP contribution < -0.4 is 5.32 Å². The average molecular weight is 196 g/mol. The molecule has 0 aliphatic rings. The highest BCUT2D eigenvalue weighted by atomic mass is 19.3. The number of halogens is 2. The van der Waals surface area contributed by atoms with Crippen molar-refractivity contribution in [2.75, 3.05) is 5.32 Å². The Morgan fingerprint density at radius 3 is 2.36 bits per heavy atom. The van der Waals surface area contributed by atoms with E-state index in [9.17, 15) is 8.78 Å². The van der Waals surface area contributed by atoms with Crippen LogP contribution in [0.5, 0.6) is 0 Å². The molecule has 0 spiro atoms. The molecule has 0 aromatic heterocycles. The van der Waals surface area contributed by atoms with Gasteiger partial charge in [0.2, 0.25) is 0 Å². The van der Waals surface area contributed by atoms with Crippen molar-refractivity contribution >= 4 is 5.69 Å². The molecule has 0 saturated heterocycles. The Balaban J connectivity index is 2.83. The lowest BCUT2D eigenvalue weighted by atomic mass is 10.1. The quantitative estimate of drug-likeness (QED) is 0.806. The third-order valence-electron chi connectivity index (χ3n) is 1.85. The number of para-hydroxylation sites is 1. The molecule has 0 amide bonds. The van der Waals surface area contributed by atoms with Crippen LogP contribution in [-0.2, 0) is 0 Å². The van der Waals surface area contributed by atoms with Crippen LogP contribution in [0.1, 0.15) is 6.92 Å². The molecule has 1 N–H and O–H groups in total. The van der Waals surface area contributed by atoms with E-state index in [1.807, 2.05) is 0 Å². The second-order valence-corrected chi connectivity index (χ2v) is 3.11. The summed E-state index contributed by atoms with van der Waals surface area (Å²) < 4.78 is 25.0. The molecule has 0 radical (unpaired) electrons. The zero-order valence-corrected chi connectivity index (χ0v) is 7.67. The fourth-order valence-corrected chi connectivity index (χ4v) is 0.953. The van der Waals surface area contributed by atoms with Crippen LogP contribution in [0.2, 0.25) is 0 Å². The number of benzene rings is 1. The van der Waals surface area contributed by atoms with E-state index >= 15 is 0 Å². The van der Waals surface area contributed by atoms with Gasteiger partial charge in [-0.15, -0.1) is 0 Å². The summed E-state index contributed by atoms with van der Waals surface area (Å²) in [6.07, 6.45) is -2.73. The van der Waals surface area contributed by atoms with E-state index in [1.54, 1.807) is 36.4 Å². The average Bonchev–Trinajstić information content (AvgIpc) is 2.19. The van der Waals surface area contributed by atoms with Crippen LogP contribution in [-0.4, -0.2) is 12.0 Å². The van der Waals surface area contributed by atoms with Crippen molar-refractivity contribution < 1.29 is 8.78 Å². The zero-order chi connectivity index (χ0) is 10.6. The van der Waals surface area contributed by atoms with Crippen LogP contribution in [0, 0.1) is 11.3 Å². The Bertz CT molecular complexity index is 332. The Kier molecular flexibility index (Phi) is 3.03. The van der Waals surface area contributed by atoms with Gasteiger partial charge in [-0.2, -0.15) is 5.26 Å². The van der Waals surface area contributed by atoms with Crippen molar-refractivity contribution in [3.8, 4) is 6.07 Å². The number of nitriles is 1. The van der Waals surface area contributed by atoms with Gasteiger partial charge in [0.15, 0.2) is 5.54 Å². The Morgan fingerprint density at radius 1 is 1.36 bits per heavy atom. The highest BCUT2D eigenvalue weighted by Gasteiger charge is 2.34. The van der Waals surface area contributed by atoms with Crippen molar-refractivity contribution in [1.29, 1.82) is 5.26 Å². The maximum Gasteiger partial charge on any atom is 0.274 e. The second kappa shape index (κ2) is 4.05. The Hall–Kier alpha value is -1.63. The second-order valence-electron chi connectivity index (χ2n) is 3.11. The largest absolute Gasteiger partial charge is 0.363 e. The molecule has 0 heterocycles. The molecule has 1 aromatic rings. The van der Waals surface area contributed by atoms with Crippen molar-refractivity contribution in [1.82, 2.24) is 0 Å². The Labute approximate surface area is 81.2 Å². The van der Waals surface area contributed by atoms with Crippen molar-refractivity contribution in [2.24, 2.45) is 0 Å². The normalized spacial score (nSPS) is 14.5. The third kappa shape index (κ3) is 2.19. The smallest absolute Gasteiger partial charge is 0.274 e. The summed E-state index contributed by atoms with van der Waals surface area (Å²) in [5.74, 6) is 0. The lowest BCUT2D eigenvalue weighted by Crippen LogP contribution is -2.40. The molecule has 1 atom stereocenters. The lowest BCUT2D eigenvalue weighted by Gasteiger charge is -2.23. The molecule has 0 saturated carbocycles. The van der Waals surface area contributed by atoms with Crippen molar-refractivity contribution in [2.45, 2.75) is 18.9 Å². The van der Waals surface area contributed by atoms with Gasteiger partial charge < -0.3 is 5.32 Å². The standard InChI is InChI=1S/C10H10F2N2/c1-10(7-13,9(11)12)14-8-5-3-2-4-6-8/h2-6,9,14H,1H3. The highest BCUT2D eigenvalue weighted by Crippen LogP contribution is 2.20. The summed E-state index contributed by atoms with van der Waals surface area (Å²) in [7, 11) is 0. The molecule has 14 heavy (non-hydrogen) atoms. The predicted octanol–water partition coefficient (Wildman–Crippen LogP) is 2.65. The summed E-state index contributed by atoms with van der Waals surface area (Å²) in [6, 6.07) is 10.0. The van der Waals surface area contributed by atoms with Crippen LogP contribution in [0.4, 0.5) is 14.5 Å². The summed E-state index contributed by atoms with van der Waals surface area (Å²) >= 11 is 0. The molecule has 1 aromatic carbocycles. The number of rotatable bonds is 3. The van der Waals surface area contributed by atoms with Crippen molar-refractivity contribution in [3.05, 3.63) is 30.3 Å². The molecule has 1 rings (SSSR count). The van der Waals surface area contributed by atoms with Gasteiger partial charge in [0.1, 0.15) is 0 Å². The van der Waals surface area contributed by atoms with Crippen LogP contribution in [0.25, 0.3) is 0 Å². The summed E-state index contributed by atoms with van der Waals surface area (Å²) in [5.41, 5.74) is -1.32. The first-order valence-electron chi connectivity index (χ1n) is 4.11. The van der Waals surface area contributed by atoms with Gasteiger partial charge in [0.25, 0.3) is 6.43 Å². The fraction of sp³-hybridized carbons (Fsp3) is 0.300. The zero-order valence-electron chi connectivity index (χ0n) is 7.67. The van der Waals surface area contributed by atoms with E-state index in [0.717, 1.165) is 0 Å². The maximum absolute atomic E-state index is 12.5. The van der Waals surface area contributed by atoms with Crippen LogP contribution >= 0.6 is 0 Å². The fourth-order valence-electron chi connectivity index (χ4n) is 0.953. The third-order valence-corrected chi connectivity index (χ3v) is 1.85. The number of nitrogens with zero attached hydrogens (tertiary/aromatic N) is 1. The number of hydrogen-bond donors (Lipinski definition) is 1. The summed E-state index contributed by atoms with van der Waals surface area (Å²) in [4.78, 5) is 0. The SMILES string of the molecule is CC(C#N)(Nc1ccccc1)C(F)F. The summed E-state index contributed by atoms with van der Waals surface area (Å²) in [5, 5.41) is 11.1.